The molecular weight excluding hydrogens is 214 g/mol. The molecule has 11 heavy (non-hydrogen) atoms. The number of esters is 1. The summed E-state index contributed by atoms with van der Waals surface area (Å²) in [5.74, 6) is -0.354. The van der Waals surface area contributed by atoms with Crippen molar-refractivity contribution in [1.82, 2.24) is 4.98 Å². The van der Waals surface area contributed by atoms with Gasteiger partial charge in [-0.25, -0.2) is 9.78 Å². The molecule has 4 nitrogen and oxygen atoms in total. The van der Waals surface area contributed by atoms with E-state index in [0.717, 1.165) is 0 Å². The fourth-order valence-corrected chi connectivity index (χ4v) is 0.681. The molecule has 0 N–H and O–H groups in total. The minimum atomic E-state index is -0.484. The molecule has 0 radical (unpaired) electrons. The van der Waals surface area contributed by atoms with E-state index in [1.165, 1.54) is 12.6 Å². The molecule has 0 spiro atoms. The van der Waals surface area contributed by atoms with Crippen molar-refractivity contribution in [1.29, 1.82) is 0 Å². The molecule has 0 fully saturated rings. The van der Waals surface area contributed by atoms with Crippen molar-refractivity contribution in [3.63, 3.8) is 0 Å². The molecule has 0 saturated heterocycles. The number of carbonyl (C=O) groups is 1. The summed E-state index contributed by atoms with van der Waals surface area (Å²) < 4.78 is 9.41. The van der Waals surface area contributed by atoms with Crippen molar-refractivity contribution in [2.45, 2.75) is 0 Å². The Kier molecular flexibility index (Phi) is 3.10. The molecular formula is C6H6BrNO3. The quantitative estimate of drug-likeness (QED) is 0.567. The zero-order valence-corrected chi connectivity index (χ0v) is 7.20. The van der Waals surface area contributed by atoms with Crippen LogP contribution in [0.25, 0.3) is 0 Å². The summed E-state index contributed by atoms with van der Waals surface area (Å²) in [6.45, 7) is 0.333. The van der Waals surface area contributed by atoms with Crippen LogP contribution < -0.4 is 0 Å². The smallest absolute Gasteiger partial charge is 0.375 e. The Balaban J connectivity index is 2.43. The third-order valence-electron chi connectivity index (χ3n) is 0.944. The molecule has 0 saturated carbocycles. The summed E-state index contributed by atoms with van der Waals surface area (Å²) >= 11 is 3.12. The van der Waals surface area contributed by atoms with Gasteiger partial charge in [0.05, 0.1) is 6.20 Å². The van der Waals surface area contributed by atoms with Gasteiger partial charge in [-0.15, -0.1) is 0 Å². The molecule has 1 rings (SSSR count). The summed E-state index contributed by atoms with van der Waals surface area (Å²) in [5, 5.41) is 0.618. The highest BCUT2D eigenvalue weighted by Gasteiger charge is 2.09. The van der Waals surface area contributed by atoms with Crippen molar-refractivity contribution < 1.29 is 13.9 Å². The van der Waals surface area contributed by atoms with Crippen LogP contribution in [-0.2, 0) is 4.74 Å². The number of nitrogens with zero attached hydrogens (tertiary/aromatic N) is 1. The van der Waals surface area contributed by atoms with Crippen molar-refractivity contribution in [3.05, 3.63) is 18.4 Å². The van der Waals surface area contributed by atoms with Gasteiger partial charge in [0.2, 0.25) is 5.76 Å². The van der Waals surface area contributed by atoms with E-state index in [1.54, 1.807) is 0 Å². The molecule has 0 bridgehead atoms. The largest absolute Gasteiger partial charge is 0.459 e. The molecule has 0 aliphatic heterocycles. The van der Waals surface area contributed by atoms with Crippen LogP contribution in [0.3, 0.4) is 0 Å². The summed E-state index contributed by atoms with van der Waals surface area (Å²) in [6, 6.07) is 0. The number of rotatable bonds is 3. The number of hydrogen-bond donors (Lipinski definition) is 0. The van der Waals surface area contributed by atoms with Crippen LogP contribution in [-0.4, -0.2) is 22.9 Å². The second-order valence-electron chi connectivity index (χ2n) is 1.69. The van der Waals surface area contributed by atoms with E-state index in [9.17, 15) is 4.79 Å². The van der Waals surface area contributed by atoms with E-state index in [4.69, 9.17) is 9.15 Å². The van der Waals surface area contributed by atoms with E-state index < -0.39 is 5.97 Å². The maximum Gasteiger partial charge on any atom is 0.375 e. The Morgan fingerprint density at radius 2 is 2.64 bits per heavy atom. The van der Waals surface area contributed by atoms with Gasteiger partial charge in [-0.2, -0.15) is 0 Å². The third-order valence-corrected chi connectivity index (χ3v) is 1.27. The highest BCUT2D eigenvalue weighted by Crippen LogP contribution is 1.99. The van der Waals surface area contributed by atoms with Gasteiger partial charge in [-0.1, -0.05) is 15.9 Å². The number of hydrogen-bond acceptors (Lipinski definition) is 4. The number of ether oxygens (including phenoxy) is 1. The normalized spacial score (nSPS) is 9.55. The van der Waals surface area contributed by atoms with Gasteiger partial charge in [0.15, 0.2) is 6.39 Å². The molecule has 1 aromatic rings. The number of carbonyl (C=O) groups excluding carboxylic acids is 1. The topological polar surface area (TPSA) is 52.3 Å². The van der Waals surface area contributed by atoms with Gasteiger partial charge in [-0.05, 0) is 0 Å². The summed E-state index contributed by atoms with van der Waals surface area (Å²) in [4.78, 5) is 14.5. The number of halogens is 1. The van der Waals surface area contributed by atoms with Crippen molar-refractivity contribution >= 4 is 21.9 Å². The highest BCUT2D eigenvalue weighted by atomic mass is 79.9. The lowest BCUT2D eigenvalue weighted by molar-refractivity contribution is 0.0495. The Morgan fingerprint density at radius 1 is 1.82 bits per heavy atom. The molecule has 0 aliphatic carbocycles. The standard InChI is InChI=1S/C6H6BrNO3/c7-1-2-10-6(9)5-3-8-4-11-5/h3-4H,1-2H2. The first-order valence-electron chi connectivity index (χ1n) is 2.96. The maximum atomic E-state index is 10.9. The van der Waals surface area contributed by atoms with Crippen LogP contribution in [0.2, 0.25) is 0 Å². The predicted octanol–water partition coefficient (Wildman–Crippen LogP) is 1.23. The molecule has 0 unspecified atom stereocenters. The number of alkyl halides is 1. The minimum absolute atomic E-state index is 0.131. The number of aromatic nitrogens is 1. The van der Waals surface area contributed by atoms with Crippen LogP contribution in [0.1, 0.15) is 10.6 Å². The zero-order valence-electron chi connectivity index (χ0n) is 5.62. The maximum absolute atomic E-state index is 10.9. The van der Waals surface area contributed by atoms with Gasteiger partial charge >= 0.3 is 5.97 Å². The van der Waals surface area contributed by atoms with Crippen LogP contribution in [0, 0.1) is 0 Å². The second kappa shape index (κ2) is 4.12. The molecule has 0 aliphatic rings. The van der Waals surface area contributed by atoms with Crippen molar-refractivity contribution in [3.8, 4) is 0 Å². The van der Waals surface area contributed by atoms with Crippen LogP contribution in [0.5, 0.6) is 0 Å². The Bertz CT molecular complexity index is 222. The molecule has 0 aromatic carbocycles. The Morgan fingerprint density at radius 3 is 3.18 bits per heavy atom. The Labute approximate surface area is 71.7 Å². The van der Waals surface area contributed by atoms with Crippen LogP contribution in [0.4, 0.5) is 0 Å². The van der Waals surface area contributed by atoms with E-state index in [0.29, 0.717) is 11.9 Å². The van der Waals surface area contributed by atoms with Gasteiger partial charge < -0.3 is 9.15 Å². The average Bonchev–Trinajstić information content (AvgIpc) is 2.52. The molecule has 0 atom stereocenters. The summed E-state index contributed by atoms with van der Waals surface area (Å²) in [7, 11) is 0. The van der Waals surface area contributed by atoms with Gasteiger partial charge in [0.1, 0.15) is 6.61 Å². The predicted molar refractivity (Wildman–Crippen MR) is 40.6 cm³/mol. The van der Waals surface area contributed by atoms with Gasteiger partial charge in [0, 0.05) is 5.33 Å². The van der Waals surface area contributed by atoms with E-state index >= 15 is 0 Å². The Hall–Kier alpha value is -0.840. The zero-order chi connectivity index (χ0) is 8.10. The van der Waals surface area contributed by atoms with E-state index in [1.807, 2.05) is 0 Å². The molecule has 5 heteroatoms. The fraction of sp³-hybridized carbons (Fsp3) is 0.333. The van der Waals surface area contributed by atoms with Crippen molar-refractivity contribution in [2.24, 2.45) is 0 Å². The lowest BCUT2D eigenvalue weighted by Crippen LogP contribution is -2.05. The second-order valence-corrected chi connectivity index (χ2v) is 2.48. The van der Waals surface area contributed by atoms with E-state index in [2.05, 4.69) is 20.9 Å². The highest BCUT2D eigenvalue weighted by molar-refractivity contribution is 9.09. The minimum Gasteiger partial charge on any atom is -0.459 e. The summed E-state index contributed by atoms with van der Waals surface area (Å²) in [5.41, 5.74) is 0. The first-order chi connectivity index (χ1) is 5.34. The van der Waals surface area contributed by atoms with Crippen LogP contribution in [0.15, 0.2) is 17.0 Å². The fourth-order valence-electron chi connectivity index (χ4n) is 0.519. The van der Waals surface area contributed by atoms with E-state index in [-0.39, 0.29) is 5.76 Å². The lowest BCUT2D eigenvalue weighted by Gasteiger charge is -1.96. The van der Waals surface area contributed by atoms with Crippen molar-refractivity contribution in [2.75, 3.05) is 11.9 Å². The molecule has 1 heterocycles. The monoisotopic (exact) mass is 219 g/mol. The first kappa shape index (κ1) is 8.26. The lowest BCUT2D eigenvalue weighted by atomic mass is 10.5. The van der Waals surface area contributed by atoms with Crippen LogP contribution >= 0.6 is 15.9 Å². The number of oxazole rings is 1. The van der Waals surface area contributed by atoms with Gasteiger partial charge in [-0.3, -0.25) is 0 Å². The molecule has 0 amide bonds. The molecule has 60 valence electrons. The SMILES string of the molecule is O=C(OCCBr)c1cnco1. The van der Waals surface area contributed by atoms with Gasteiger partial charge in [0.25, 0.3) is 0 Å². The molecule has 1 aromatic heterocycles. The average molecular weight is 220 g/mol. The third kappa shape index (κ3) is 2.34. The summed E-state index contributed by atoms with van der Waals surface area (Å²) in [6.07, 6.45) is 2.50. The first-order valence-corrected chi connectivity index (χ1v) is 4.08.